The molecule has 0 aliphatic heterocycles. The second-order valence-electron chi connectivity index (χ2n) is 6.00. The van der Waals surface area contributed by atoms with Gasteiger partial charge in [-0.15, -0.1) is 0 Å². The monoisotopic (exact) mass is 347 g/mol. The Balaban J connectivity index is 1.67. The van der Waals surface area contributed by atoms with Gasteiger partial charge in [-0.1, -0.05) is 17.3 Å². The maximum atomic E-state index is 12.4. The van der Waals surface area contributed by atoms with Crippen LogP contribution in [0.5, 0.6) is 5.75 Å². The summed E-state index contributed by atoms with van der Waals surface area (Å²) in [6.07, 6.45) is 4.21. The Kier molecular flexibility index (Phi) is 3.72. The van der Waals surface area contributed by atoms with Crippen molar-refractivity contribution < 1.29 is 18.0 Å². The zero-order valence-corrected chi connectivity index (χ0v) is 13.1. The van der Waals surface area contributed by atoms with E-state index in [1.807, 2.05) is 0 Å². The van der Waals surface area contributed by atoms with Gasteiger partial charge in [0.25, 0.3) is 5.89 Å². The van der Waals surface area contributed by atoms with Gasteiger partial charge in [0.2, 0.25) is 0 Å². The van der Waals surface area contributed by atoms with Gasteiger partial charge in [-0.2, -0.15) is 18.9 Å². The lowest BCUT2D eigenvalue weighted by atomic mass is 9.77. The van der Waals surface area contributed by atoms with Gasteiger partial charge < -0.3 is 15.0 Å². The van der Waals surface area contributed by atoms with Crippen LogP contribution in [-0.4, -0.2) is 26.9 Å². The smallest absolute Gasteiger partial charge is 0.387 e. The van der Waals surface area contributed by atoms with Gasteiger partial charge in [0, 0.05) is 5.56 Å². The standard InChI is InChI=1S/C16H15F2N5O2/c17-15(18)24-10-4-1-3-9(7-10)12-11(8-20-22-12)13-21-14(23-25-13)16(19)5-2-6-16/h1,3-4,7-8,15H,2,5-6,19H2,(H,20,22). The Morgan fingerprint density at radius 3 is 2.88 bits per heavy atom. The molecule has 25 heavy (non-hydrogen) atoms. The van der Waals surface area contributed by atoms with Gasteiger partial charge in [-0.3, -0.25) is 5.10 Å². The van der Waals surface area contributed by atoms with Crippen LogP contribution in [-0.2, 0) is 5.54 Å². The molecular weight excluding hydrogens is 332 g/mol. The summed E-state index contributed by atoms with van der Waals surface area (Å²) in [7, 11) is 0. The normalized spacial score (nSPS) is 16.0. The highest BCUT2D eigenvalue weighted by Gasteiger charge is 2.39. The summed E-state index contributed by atoms with van der Waals surface area (Å²) in [5.41, 5.74) is 7.42. The molecule has 0 amide bonds. The molecule has 130 valence electrons. The number of nitrogens with zero attached hydrogens (tertiary/aromatic N) is 3. The molecule has 9 heteroatoms. The number of nitrogens with one attached hydrogen (secondary N) is 1. The maximum Gasteiger partial charge on any atom is 0.387 e. The lowest BCUT2D eigenvalue weighted by Gasteiger charge is -2.34. The SMILES string of the molecule is NC1(c2noc(-c3cn[nH]c3-c3cccc(OC(F)F)c3)n2)CCC1. The van der Waals surface area contributed by atoms with Crippen molar-refractivity contribution in [3.63, 3.8) is 0 Å². The molecule has 1 aliphatic rings. The first-order chi connectivity index (χ1) is 12.0. The van der Waals surface area contributed by atoms with E-state index < -0.39 is 12.2 Å². The van der Waals surface area contributed by atoms with Crippen LogP contribution < -0.4 is 10.5 Å². The third-order valence-corrected chi connectivity index (χ3v) is 4.33. The Morgan fingerprint density at radius 2 is 2.16 bits per heavy atom. The van der Waals surface area contributed by atoms with Crippen LogP contribution in [0, 0.1) is 0 Å². The number of hydrogen-bond acceptors (Lipinski definition) is 6. The quantitative estimate of drug-likeness (QED) is 0.735. The van der Waals surface area contributed by atoms with Crippen molar-refractivity contribution in [2.45, 2.75) is 31.4 Å². The molecule has 1 fully saturated rings. The third-order valence-electron chi connectivity index (χ3n) is 4.33. The minimum absolute atomic E-state index is 0.0506. The molecule has 1 saturated carbocycles. The summed E-state index contributed by atoms with van der Waals surface area (Å²) < 4.78 is 34.6. The molecule has 3 N–H and O–H groups in total. The summed E-state index contributed by atoms with van der Waals surface area (Å²) in [5.74, 6) is 0.793. The van der Waals surface area contributed by atoms with Gasteiger partial charge in [0.1, 0.15) is 5.75 Å². The molecule has 2 heterocycles. The van der Waals surface area contributed by atoms with Crippen molar-refractivity contribution in [3.05, 3.63) is 36.3 Å². The first-order valence-electron chi connectivity index (χ1n) is 7.77. The fourth-order valence-corrected chi connectivity index (χ4v) is 2.81. The largest absolute Gasteiger partial charge is 0.435 e. The van der Waals surface area contributed by atoms with Gasteiger partial charge in [-0.25, -0.2) is 0 Å². The highest BCUT2D eigenvalue weighted by molar-refractivity contribution is 5.76. The van der Waals surface area contributed by atoms with Crippen molar-refractivity contribution >= 4 is 0 Å². The van der Waals surface area contributed by atoms with E-state index in [-0.39, 0.29) is 11.6 Å². The minimum atomic E-state index is -2.89. The van der Waals surface area contributed by atoms with Crippen LogP contribution in [0.1, 0.15) is 25.1 Å². The molecule has 7 nitrogen and oxygen atoms in total. The van der Waals surface area contributed by atoms with Crippen molar-refractivity contribution in [2.24, 2.45) is 5.73 Å². The fourth-order valence-electron chi connectivity index (χ4n) is 2.81. The molecule has 2 aromatic heterocycles. The van der Waals surface area contributed by atoms with Crippen LogP contribution in [0.2, 0.25) is 0 Å². The molecule has 0 spiro atoms. The molecule has 1 aromatic carbocycles. The number of benzene rings is 1. The zero-order chi connectivity index (χ0) is 17.4. The van der Waals surface area contributed by atoms with Crippen molar-refractivity contribution in [1.29, 1.82) is 0 Å². The number of rotatable bonds is 5. The maximum absolute atomic E-state index is 12.4. The highest BCUT2D eigenvalue weighted by atomic mass is 19.3. The molecule has 0 bridgehead atoms. The Hall–Kier alpha value is -2.81. The molecule has 3 aromatic rings. The lowest BCUT2D eigenvalue weighted by Crippen LogP contribution is -2.44. The van der Waals surface area contributed by atoms with Crippen LogP contribution in [0.25, 0.3) is 22.7 Å². The van der Waals surface area contributed by atoms with Crippen molar-refractivity contribution in [1.82, 2.24) is 20.3 Å². The van der Waals surface area contributed by atoms with E-state index in [4.69, 9.17) is 10.3 Å². The average molecular weight is 347 g/mol. The number of ether oxygens (including phenoxy) is 1. The lowest BCUT2D eigenvalue weighted by molar-refractivity contribution is -0.0498. The van der Waals surface area contributed by atoms with E-state index in [1.54, 1.807) is 12.1 Å². The number of nitrogens with two attached hydrogens (primary N) is 1. The van der Waals surface area contributed by atoms with Gasteiger partial charge in [0.15, 0.2) is 5.82 Å². The minimum Gasteiger partial charge on any atom is -0.435 e. The van der Waals surface area contributed by atoms with E-state index >= 15 is 0 Å². The molecule has 4 rings (SSSR count). The van der Waals surface area contributed by atoms with E-state index in [1.165, 1.54) is 18.3 Å². The molecule has 0 unspecified atom stereocenters. The van der Waals surface area contributed by atoms with Gasteiger partial charge >= 0.3 is 6.61 Å². The first-order valence-corrected chi connectivity index (χ1v) is 7.77. The van der Waals surface area contributed by atoms with Crippen LogP contribution in [0.3, 0.4) is 0 Å². The third kappa shape index (κ3) is 2.86. The fraction of sp³-hybridized carbons (Fsp3) is 0.312. The second kappa shape index (κ2) is 5.92. The molecule has 0 radical (unpaired) electrons. The Labute approximate surface area is 141 Å². The van der Waals surface area contributed by atoms with Crippen LogP contribution >= 0.6 is 0 Å². The summed E-state index contributed by atoms with van der Waals surface area (Å²) in [4.78, 5) is 4.39. The zero-order valence-electron chi connectivity index (χ0n) is 13.1. The first kappa shape index (κ1) is 15.7. The molecule has 0 saturated heterocycles. The Morgan fingerprint density at radius 1 is 1.32 bits per heavy atom. The predicted molar refractivity (Wildman–Crippen MR) is 83.7 cm³/mol. The van der Waals surface area contributed by atoms with Crippen molar-refractivity contribution in [2.75, 3.05) is 0 Å². The topological polar surface area (TPSA) is 103 Å². The Bertz CT molecular complexity index is 888. The number of H-pyrrole nitrogens is 1. The van der Waals surface area contributed by atoms with Gasteiger partial charge in [-0.05, 0) is 31.4 Å². The van der Waals surface area contributed by atoms with E-state index in [0.717, 1.165) is 19.3 Å². The summed E-state index contributed by atoms with van der Waals surface area (Å²) in [6, 6.07) is 6.28. The van der Waals surface area contributed by atoms with E-state index in [9.17, 15) is 8.78 Å². The molecule has 0 atom stereocenters. The second-order valence-corrected chi connectivity index (χ2v) is 6.00. The number of hydrogen-bond donors (Lipinski definition) is 2. The highest BCUT2D eigenvalue weighted by Crippen LogP contribution is 2.38. The van der Waals surface area contributed by atoms with Crippen LogP contribution in [0.4, 0.5) is 8.78 Å². The summed E-state index contributed by atoms with van der Waals surface area (Å²) >= 11 is 0. The van der Waals surface area contributed by atoms with E-state index in [2.05, 4.69) is 25.1 Å². The predicted octanol–water partition coefficient (Wildman–Crippen LogP) is 3.07. The number of alkyl halides is 2. The number of aromatic nitrogens is 4. The molecular formula is C16H15F2N5O2. The van der Waals surface area contributed by atoms with Crippen molar-refractivity contribution in [3.8, 4) is 28.5 Å². The summed E-state index contributed by atoms with van der Waals surface area (Å²) in [6.45, 7) is -2.89. The average Bonchev–Trinajstić information content (AvgIpc) is 3.21. The van der Waals surface area contributed by atoms with Gasteiger partial charge in [0.05, 0.1) is 23.0 Å². The number of halogens is 2. The number of aromatic amines is 1. The van der Waals surface area contributed by atoms with Crippen LogP contribution in [0.15, 0.2) is 35.0 Å². The van der Waals surface area contributed by atoms with E-state index in [0.29, 0.717) is 22.6 Å². The molecule has 1 aliphatic carbocycles. The summed E-state index contributed by atoms with van der Waals surface area (Å²) in [5, 5.41) is 10.8.